The van der Waals surface area contributed by atoms with Crippen LogP contribution in [0.15, 0.2) is 107 Å². The van der Waals surface area contributed by atoms with Crippen LogP contribution in [0.4, 0.5) is 5.69 Å². The molecule has 6 heteroatoms. The maximum atomic E-state index is 13.0. The second kappa shape index (κ2) is 10.2. The van der Waals surface area contributed by atoms with E-state index in [9.17, 15) is 9.59 Å². The van der Waals surface area contributed by atoms with Crippen molar-refractivity contribution in [3.8, 4) is 11.5 Å². The fourth-order valence-corrected chi connectivity index (χ4v) is 3.05. The molecule has 0 fully saturated rings. The number of anilines is 1. The van der Waals surface area contributed by atoms with E-state index in [4.69, 9.17) is 9.15 Å². The maximum absolute atomic E-state index is 13.0. The molecule has 0 radical (unpaired) electrons. The van der Waals surface area contributed by atoms with Crippen molar-refractivity contribution in [3.63, 3.8) is 0 Å². The molecule has 0 aliphatic carbocycles. The zero-order valence-electron chi connectivity index (χ0n) is 17.9. The summed E-state index contributed by atoms with van der Waals surface area (Å²) in [5, 5.41) is 5.48. The molecule has 0 saturated heterocycles. The molecule has 0 aliphatic heterocycles. The van der Waals surface area contributed by atoms with Crippen molar-refractivity contribution < 1.29 is 18.7 Å². The van der Waals surface area contributed by atoms with Crippen molar-refractivity contribution in [2.75, 3.05) is 5.32 Å². The molecule has 1 heterocycles. The van der Waals surface area contributed by atoms with Crippen molar-refractivity contribution >= 4 is 23.6 Å². The number of nitrogens with one attached hydrogen (secondary N) is 2. The average molecular weight is 438 g/mol. The average Bonchev–Trinajstić information content (AvgIpc) is 3.25. The minimum absolute atomic E-state index is 0.0582. The Hall–Kier alpha value is -4.58. The predicted octanol–water partition coefficient (Wildman–Crippen LogP) is 5.79. The Bertz CT molecular complexity index is 1260. The second-order valence-corrected chi connectivity index (χ2v) is 7.22. The van der Waals surface area contributed by atoms with Gasteiger partial charge >= 0.3 is 0 Å². The largest absolute Gasteiger partial charge is 0.462 e. The number of carbonyl (C=O) groups is 2. The third-order valence-electron chi connectivity index (χ3n) is 4.67. The van der Waals surface area contributed by atoms with Gasteiger partial charge in [0.15, 0.2) is 0 Å². The minimum atomic E-state index is -0.481. The molecule has 33 heavy (non-hydrogen) atoms. The van der Waals surface area contributed by atoms with Gasteiger partial charge in [-0.2, -0.15) is 0 Å². The van der Waals surface area contributed by atoms with Gasteiger partial charge in [-0.25, -0.2) is 0 Å². The van der Waals surface area contributed by atoms with Gasteiger partial charge in [-0.1, -0.05) is 36.4 Å². The van der Waals surface area contributed by atoms with Crippen LogP contribution in [0.25, 0.3) is 6.08 Å². The SMILES string of the molecule is Cc1ccc(/C=C(/NC(=O)c2ccccc2)C(=O)Nc2ccc(Oc3ccccc3)cc2)o1. The molecule has 4 rings (SSSR count). The summed E-state index contributed by atoms with van der Waals surface area (Å²) >= 11 is 0. The molecule has 0 spiro atoms. The number of aryl methyl sites for hydroxylation is 1. The molecule has 4 aromatic rings. The first-order valence-electron chi connectivity index (χ1n) is 10.4. The van der Waals surface area contributed by atoms with Crippen LogP contribution in [-0.2, 0) is 4.79 Å². The molecule has 0 aliphatic rings. The van der Waals surface area contributed by atoms with Crippen LogP contribution >= 0.6 is 0 Å². The molecule has 0 unspecified atom stereocenters. The van der Waals surface area contributed by atoms with Crippen LogP contribution in [0, 0.1) is 6.92 Å². The van der Waals surface area contributed by atoms with Gasteiger partial charge in [0.2, 0.25) is 0 Å². The topological polar surface area (TPSA) is 80.6 Å². The lowest BCUT2D eigenvalue weighted by molar-refractivity contribution is -0.113. The van der Waals surface area contributed by atoms with Crippen LogP contribution in [0.5, 0.6) is 11.5 Å². The minimum Gasteiger partial charge on any atom is -0.462 e. The zero-order chi connectivity index (χ0) is 23.0. The number of ether oxygens (including phenoxy) is 1. The number of para-hydroxylation sites is 1. The van der Waals surface area contributed by atoms with E-state index in [2.05, 4.69) is 10.6 Å². The monoisotopic (exact) mass is 438 g/mol. The van der Waals surface area contributed by atoms with Gasteiger partial charge in [-0.05, 0) is 67.6 Å². The molecule has 0 atom stereocenters. The number of rotatable bonds is 7. The Morgan fingerprint density at radius 2 is 1.42 bits per heavy atom. The van der Waals surface area contributed by atoms with Crippen LogP contribution < -0.4 is 15.4 Å². The zero-order valence-corrected chi connectivity index (χ0v) is 17.9. The third kappa shape index (κ3) is 5.98. The highest BCUT2D eigenvalue weighted by molar-refractivity contribution is 6.10. The highest BCUT2D eigenvalue weighted by Crippen LogP contribution is 2.23. The van der Waals surface area contributed by atoms with E-state index in [1.54, 1.807) is 67.6 Å². The third-order valence-corrected chi connectivity index (χ3v) is 4.67. The van der Waals surface area contributed by atoms with Gasteiger partial charge in [0.05, 0.1) is 0 Å². The van der Waals surface area contributed by atoms with Crippen LogP contribution in [0.2, 0.25) is 0 Å². The lowest BCUT2D eigenvalue weighted by Crippen LogP contribution is -2.30. The molecule has 2 amide bonds. The van der Waals surface area contributed by atoms with Crippen molar-refractivity contribution in [2.45, 2.75) is 6.92 Å². The number of hydrogen-bond donors (Lipinski definition) is 2. The van der Waals surface area contributed by atoms with Crippen LogP contribution in [0.1, 0.15) is 21.9 Å². The van der Waals surface area contributed by atoms with E-state index in [-0.39, 0.29) is 5.70 Å². The van der Waals surface area contributed by atoms with E-state index in [0.29, 0.717) is 28.5 Å². The summed E-state index contributed by atoms with van der Waals surface area (Å²) in [7, 11) is 0. The summed E-state index contributed by atoms with van der Waals surface area (Å²) in [5.74, 6) is 1.63. The standard InChI is InChI=1S/C27H22N2O4/c1-19-12-15-24(32-19)18-25(29-26(30)20-8-4-2-5-9-20)27(31)28-21-13-16-23(17-14-21)33-22-10-6-3-7-11-22/h2-18H,1H3,(H,28,31)(H,29,30)/b25-18+. The highest BCUT2D eigenvalue weighted by atomic mass is 16.5. The maximum Gasteiger partial charge on any atom is 0.272 e. The van der Waals surface area contributed by atoms with E-state index >= 15 is 0 Å². The predicted molar refractivity (Wildman–Crippen MR) is 127 cm³/mol. The van der Waals surface area contributed by atoms with Crippen LogP contribution in [-0.4, -0.2) is 11.8 Å². The van der Waals surface area contributed by atoms with Crippen molar-refractivity contribution in [1.82, 2.24) is 5.32 Å². The fourth-order valence-electron chi connectivity index (χ4n) is 3.05. The summed E-state index contributed by atoms with van der Waals surface area (Å²) in [6, 6.07) is 28.6. The fraction of sp³-hybridized carbons (Fsp3) is 0.0370. The molecule has 3 aromatic carbocycles. The number of hydrogen-bond acceptors (Lipinski definition) is 4. The Morgan fingerprint density at radius 3 is 2.06 bits per heavy atom. The Kier molecular flexibility index (Phi) is 6.66. The van der Waals surface area contributed by atoms with E-state index in [1.807, 2.05) is 36.4 Å². The second-order valence-electron chi connectivity index (χ2n) is 7.22. The van der Waals surface area contributed by atoms with Crippen molar-refractivity contribution in [3.05, 3.63) is 120 Å². The first-order valence-corrected chi connectivity index (χ1v) is 10.4. The molecule has 1 aromatic heterocycles. The van der Waals surface area contributed by atoms with Gasteiger partial charge in [0.1, 0.15) is 28.7 Å². The van der Waals surface area contributed by atoms with Gasteiger partial charge in [0, 0.05) is 17.3 Å². The number of benzene rings is 3. The number of carbonyl (C=O) groups excluding carboxylic acids is 2. The molecule has 164 valence electrons. The van der Waals surface area contributed by atoms with Crippen molar-refractivity contribution in [2.24, 2.45) is 0 Å². The summed E-state index contributed by atoms with van der Waals surface area (Å²) in [6.45, 7) is 1.80. The summed E-state index contributed by atoms with van der Waals surface area (Å²) < 4.78 is 11.3. The van der Waals surface area contributed by atoms with E-state index < -0.39 is 11.8 Å². The summed E-state index contributed by atoms with van der Waals surface area (Å²) in [4.78, 5) is 25.6. The smallest absolute Gasteiger partial charge is 0.272 e. The normalized spacial score (nSPS) is 11.0. The number of amides is 2. The Morgan fingerprint density at radius 1 is 0.788 bits per heavy atom. The van der Waals surface area contributed by atoms with E-state index in [1.165, 1.54) is 6.08 Å². The Labute approximate surface area is 191 Å². The highest BCUT2D eigenvalue weighted by Gasteiger charge is 2.16. The molecule has 6 nitrogen and oxygen atoms in total. The Balaban J connectivity index is 1.50. The lowest BCUT2D eigenvalue weighted by Gasteiger charge is -2.11. The van der Waals surface area contributed by atoms with Crippen molar-refractivity contribution in [1.29, 1.82) is 0 Å². The molecule has 0 bridgehead atoms. The van der Waals surface area contributed by atoms with Gasteiger partial charge in [-0.15, -0.1) is 0 Å². The summed E-state index contributed by atoms with van der Waals surface area (Å²) in [6.07, 6.45) is 1.50. The molecule has 0 saturated carbocycles. The molecular weight excluding hydrogens is 416 g/mol. The number of furan rings is 1. The first kappa shape index (κ1) is 21.6. The van der Waals surface area contributed by atoms with E-state index in [0.717, 1.165) is 5.75 Å². The summed E-state index contributed by atoms with van der Waals surface area (Å²) in [5.41, 5.74) is 1.05. The quantitative estimate of drug-likeness (QED) is 0.358. The first-order chi connectivity index (χ1) is 16.1. The molecular formula is C27H22N2O4. The van der Waals surface area contributed by atoms with Gasteiger partial charge in [0.25, 0.3) is 11.8 Å². The molecule has 2 N–H and O–H groups in total. The van der Waals surface area contributed by atoms with Crippen LogP contribution in [0.3, 0.4) is 0 Å². The lowest BCUT2D eigenvalue weighted by atomic mass is 10.2. The van der Waals surface area contributed by atoms with Gasteiger partial charge in [-0.3, -0.25) is 9.59 Å². The van der Waals surface area contributed by atoms with Gasteiger partial charge < -0.3 is 19.8 Å².